The molecule has 1 fully saturated rings. The van der Waals surface area contributed by atoms with E-state index >= 15 is 0 Å². The molecule has 3 heterocycles. The second-order valence-electron chi connectivity index (χ2n) is 11.1. The molecule has 0 saturated carbocycles. The number of primary amides is 1. The predicted octanol–water partition coefficient (Wildman–Crippen LogP) is 3.56. The van der Waals surface area contributed by atoms with Crippen molar-refractivity contribution < 1.29 is 14.0 Å². The van der Waals surface area contributed by atoms with Gasteiger partial charge in [-0.05, 0) is 53.8 Å². The van der Waals surface area contributed by atoms with Crippen LogP contribution in [0, 0.1) is 0 Å². The molecular formula is C30H35ClN5O3+. The second-order valence-corrected chi connectivity index (χ2v) is 11.5. The van der Waals surface area contributed by atoms with Crippen molar-refractivity contribution in [2.24, 2.45) is 5.73 Å². The number of quaternary nitrogens is 1. The maximum absolute atomic E-state index is 12.9. The van der Waals surface area contributed by atoms with Crippen LogP contribution in [0.25, 0.3) is 11.8 Å². The molecule has 0 bridgehead atoms. The number of carbonyl (C=O) groups is 1. The standard InChI is InChI=1S/C30H34ClN5O3/c1-36(2,19-29(32)37)27-9-11-34(18-27)17-21-3-4-23-14-26(8-5-22(23)13-21)35-12-10-28(15-30(35)38)39-20-25-7-6-24(31)16-33-25/h3-4,6-7,10,12-16,27H,5,8-9,11,17-20H2,1-2H3,(H-,32,37)/p+1. The van der Waals surface area contributed by atoms with Crippen molar-refractivity contribution in [2.75, 3.05) is 33.7 Å². The van der Waals surface area contributed by atoms with Gasteiger partial charge in [0.15, 0.2) is 6.54 Å². The number of hydrogen-bond donors (Lipinski definition) is 1. The van der Waals surface area contributed by atoms with E-state index in [4.69, 9.17) is 22.1 Å². The molecule has 39 heavy (non-hydrogen) atoms. The van der Waals surface area contributed by atoms with Crippen LogP contribution in [-0.2, 0) is 24.4 Å². The third kappa shape index (κ3) is 6.58. The first-order chi connectivity index (χ1) is 18.7. The minimum Gasteiger partial charge on any atom is -0.487 e. The van der Waals surface area contributed by atoms with Crippen LogP contribution in [0.5, 0.6) is 5.75 Å². The summed E-state index contributed by atoms with van der Waals surface area (Å²) in [6, 6.07) is 13.9. The van der Waals surface area contributed by atoms with Crippen molar-refractivity contribution in [3.63, 3.8) is 0 Å². The van der Waals surface area contributed by atoms with Crippen LogP contribution in [0.15, 0.2) is 59.7 Å². The third-order valence-corrected chi connectivity index (χ3v) is 7.98. The molecule has 1 aromatic carbocycles. The van der Waals surface area contributed by atoms with Crippen LogP contribution >= 0.6 is 11.6 Å². The zero-order valence-corrected chi connectivity index (χ0v) is 23.2. The van der Waals surface area contributed by atoms with Gasteiger partial charge >= 0.3 is 0 Å². The topological polar surface area (TPSA) is 90.5 Å². The number of nitrogens with zero attached hydrogens (tertiary/aromatic N) is 4. The highest BCUT2D eigenvalue weighted by molar-refractivity contribution is 6.30. The van der Waals surface area contributed by atoms with Crippen molar-refractivity contribution >= 4 is 29.3 Å². The van der Waals surface area contributed by atoms with Crippen LogP contribution in [-0.4, -0.2) is 64.6 Å². The molecule has 1 aliphatic carbocycles. The maximum Gasteiger partial charge on any atom is 0.272 e. The summed E-state index contributed by atoms with van der Waals surface area (Å²) in [6.45, 7) is 3.50. The molecule has 1 amide bonds. The van der Waals surface area contributed by atoms with Gasteiger partial charge in [-0.25, -0.2) is 0 Å². The number of halogens is 1. The molecule has 0 radical (unpaired) electrons. The Hall–Kier alpha value is -3.46. The first-order valence-corrected chi connectivity index (χ1v) is 13.7. The molecule has 8 nitrogen and oxygen atoms in total. The minimum absolute atomic E-state index is 0.121. The Morgan fingerprint density at radius 1 is 1.18 bits per heavy atom. The van der Waals surface area contributed by atoms with E-state index in [2.05, 4.69) is 48.3 Å². The lowest BCUT2D eigenvalue weighted by molar-refractivity contribution is -0.905. The fourth-order valence-electron chi connectivity index (χ4n) is 5.57. The van der Waals surface area contributed by atoms with Gasteiger partial charge in [0.25, 0.3) is 11.5 Å². The zero-order valence-electron chi connectivity index (χ0n) is 22.5. The number of rotatable bonds is 9. The first-order valence-electron chi connectivity index (χ1n) is 13.3. The summed E-state index contributed by atoms with van der Waals surface area (Å²) >= 11 is 5.88. The molecule has 9 heteroatoms. The summed E-state index contributed by atoms with van der Waals surface area (Å²) in [4.78, 5) is 31.0. The number of fused-ring (bicyclic) bond motifs is 1. The summed E-state index contributed by atoms with van der Waals surface area (Å²) in [5.74, 6) is 0.259. The first kappa shape index (κ1) is 27.1. The Balaban J connectivity index is 1.22. The van der Waals surface area contributed by atoms with Crippen LogP contribution in [0.3, 0.4) is 0 Å². The number of likely N-dealkylation sites (tertiary alicyclic amines) is 1. The van der Waals surface area contributed by atoms with Crippen molar-refractivity contribution in [3.05, 3.63) is 92.6 Å². The fourth-order valence-corrected chi connectivity index (χ4v) is 5.68. The number of likely N-dealkylation sites (N-methyl/N-ethyl adjacent to an activating group) is 1. The minimum atomic E-state index is -0.251. The summed E-state index contributed by atoms with van der Waals surface area (Å²) in [6.07, 6.45) is 8.19. The molecule has 1 atom stereocenters. The van der Waals surface area contributed by atoms with E-state index in [0.29, 0.717) is 27.8 Å². The molecular weight excluding hydrogens is 514 g/mol. The quantitative estimate of drug-likeness (QED) is 0.413. The highest BCUT2D eigenvalue weighted by Crippen LogP contribution is 2.28. The highest BCUT2D eigenvalue weighted by Gasteiger charge is 2.36. The number of pyridine rings is 2. The molecule has 2 N–H and O–H groups in total. The van der Waals surface area contributed by atoms with Gasteiger partial charge in [-0.1, -0.05) is 29.8 Å². The summed E-state index contributed by atoms with van der Waals surface area (Å²) in [7, 11) is 4.18. The van der Waals surface area contributed by atoms with E-state index in [9.17, 15) is 9.59 Å². The maximum atomic E-state index is 12.9. The highest BCUT2D eigenvalue weighted by atomic mass is 35.5. The van der Waals surface area contributed by atoms with Crippen molar-refractivity contribution in [1.29, 1.82) is 0 Å². The van der Waals surface area contributed by atoms with Crippen LogP contribution in [0.1, 0.15) is 35.2 Å². The van der Waals surface area contributed by atoms with Gasteiger partial charge < -0.3 is 15.0 Å². The summed E-state index contributed by atoms with van der Waals surface area (Å²) in [5.41, 5.74) is 10.8. The van der Waals surface area contributed by atoms with E-state index in [1.54, 1.807) is 29.1 Å². The van der Waals surface area contributed by atoms with Gasteiger partial charge in [-0.15, -0.1) is 0 Å². The summed E-state index contributed by atoms with van der Waals surface area (Å²) < 4.78 is 8.09. The number of hydrogen-bond acceptors (Lipinski definition) is 5. The number of aryl methyl sites for hydroxylation is 1. The number of allylic oxidation sites excluding steroid dienone is 1. The number of carbonyl (C=O) groups excluding carboxylic acids is 1. The molecule has 1 unspecified atom stereocenters. The number of amides is 1. The van der Waals surface area contributed by atoms with Gasteiger partial charge in [0.05, 0.1) is 31.4 Å². The lowest BCUT2D eigenvalue weighted by Gasteiger charge is -2.34. The fraction of sp³-hybridized carbons (Fsp3) is 0.367. The van der Waals surface area contributed by atoms with Crippen LogP contribution < -0.4 is 16.0 Å². The second kappa shape index (κ2) is 11.3. The molecule has 204 valence electrons. The van der Waals surface area contributed by atoms with Crippen molar-refractivity contribution in [1.82, 2.24) is 14.5 Å². The normalized spacial score (nSPS) is 17.5. The SMILES string of the molecule is C[N+](C)(CC(N)=O)C1CCN(Cc2ccc3c(c2)CCC(n2ccc(OCc4ccc(Cl)cn4)cc2=O)=C3)C1. The third-order valence-electron chi connectivity index (χ3n) is 7.76. The summed E-state index contributed by atoms with van der Waals surface area (Å²) in [5, 5.41) is 0.571. The molecule has 1 aliphatic heterocycles. The van der Waals surface area contributed by atoms with E-state index < -0.39 is 0 Å². The average molecular weight is 549 g/mol. The smallest absolute Gasteiger partial charge is 0.272 e. The van der Waals surface area contributed by atoms with Gasteiger partial charge in [0.2, 0.25) is 0 Å². The Morgan fingerprint density at radius 3 is 2.77 bits per heavy atom. The zero-order chi connectivity index (χ0) is 27.6. The monoisotopic (exact) mass is 548 g/mol. The lowest BCUT2D eigenvalue weighted by Crippen LogP contribution is -2.54. The Morgan fingerprint density at radius 2 is 2.03 bits per heavy atom. The number of aromatic nitrogens is 2. The number of benzene rings is 1. The predicted molar refractivity (Wildman–Crippen MR) is 153 cm³/mol. The van der Waals surface area contributed by atoms with Crippen LogP contribution in [0.4, 0.5) is 0 Å². The van der Waals surface area contributed by atoms with Gasteiger partial charge in [0.1, 0.15) is 18.4 Å². The lowest BCUT2D eigenvalue weighted by atomic mass is 9.93. The molecule has 0 spiro atoms. The van der Waals surface area contributed by atoms with Crippen molar-refractivity contribution in [2.45, 2.75) is 38.5 Å². The van der Waals surface area contributed by atoms with Gasteiger partial charge in [-0.2, -0.15) is 0 Å². The van der Waals surface area contributed by atoms with Gasteiger partial charge in [-0.3, -0.25) is 24.0 Å². The average Bonchev–Trinajstić information content (AvgIpc) is 3.37. The Bertz CT molecular complexity index is 1450. The largest absolute Gasteiger partial charge is 0.487 e. The van der Waals surface area contributed by atoms with E-state index in [-0.39, 0.29) is 18.1 Å². The Labute approximate surface area is 233 Å². The van der Waals surface area contributed by atoms with E-state index in [0.717, 1.165) is 55.9 Å². The molecule has 1 saturated heterocycles. The van der Waals surface area contributed by atoms with E-state index in [1.807, 2.05) is 6.07 Å². The molecule has 2 aromatic heterocycles. The number of ether oxygens (including phenoxy) is 1. The van der Waals surface area contributed by atoms with Crippen LogP contribution in [0.2, 0.25) is 5.02 Å². The number of nitrogens with two attached hydrogens (primary N) is 1. The molecule has 2 aliphatic rings. The molecule has 5 rings (SSSR count). The van der Waals surface area contributed by atoms with E-state index in [1.165, 1.54) is 17.2 Å². The van der Waals surface area contributed by atoms with Crippen molar-refractivity contribution in [3.8, 4) is 5.75 Å². The van der Waals surface area contributed by atoms with Gasteiger partial charge in [0, 0.05) is 43.7 Å². The molecule has 3 aromatic rings. The Kier molecular flexibility index (Phi) is 7.88.